The van der Waals surface area contributed by atoms with Crippen LogP contribution in [-0.2, 0) is 11.3 Å². The van der Waals surface area contributed by atoms with Gasteiger partial charge >= 0.3 is 0 Å². The number of aromatic nitrogens is 4. The Morgan fingerprint density at radius 2 is 1.87 bits per heavy atom. The molecule has 1 fully saturated rings. The second-order valence-corrected chi connectivity index (χ2v) is 9.07. The van der Waals surface area contributed by atoms with Crippen molar-refractivity contribution < 1.29 is 18.4 Å². The van der Waals surface area contributed by atoms with Gasteiger partial charge in [-0.1, -0.05) is 30.8 Å². The van der Waals surface area contributed by atoms with Crippen LogP contribution in [0.25, 0.3) is 22.3 Å². The molecule has 4 aromatic rings. The quantitative estimate of drug-likeness (QED) is 0.377. The van der Waals surface area contributed by atoms with E-state index in [1.165, 1.54) is 12.4 Å². The molecule has 0 spiro atoms. The molecule has 1 saturated heterocycles. The second-order valence-electron chi connectivity index (χ2n) is 9.07. The molecule has 0 unspecified atom stereocenters. The first-order valence-corrected chi connectivity index (χ1v) is 12.1. The molecule has 0 bridgehead atoms. The Kier molecular flexibility index (Phi) is 6.82. The number of carbonyl (C=O) groups excluding carboxylic acids is 2. The molecule has 194 valence electrons. The van der Waals surface area contributed by atoms with Crippen molar-refractivity contribution in [2.45, 2.75) is 25.4 Å². The molecule has 0 radical (unpaired) electrons. The zero-order valence-electron chi connectivity index (χ0n) is 20.4. The molecule has 9 nitrogen and oxygen atoms in total. The van der Waals surface area contributed by atoms with Gasteiger partial charge in [0.15, 0.2) is 5.65 Å². The fourth-order valence-corrected chi connectivity index (χ4v) is 4.69. The van der Waals surface area contributed by atoms with Crippen molar-refractivity contribution in [1.29, 1.82) is 0 Å². The van der Waals surface area contributed by atoms with E-state index in [0.29, 0.717) is 41.7 Å². The fourth-order valence-electron chi connectivity index (χ4n) is 4.69. The number of amides is 2. The van der Waals surface area contributed by atoms with Crippen LogP contribution in [0.4, 0.5) is 14.6 Å². The molecule has 11 heteroatoms. The Hall–Kier alpha value is -4.67. The Bertz CT molecular complexity index is 1510. The van der Waals surface area contributed by atoms with E-state index in [4.69, 9.17) is 10.8 Å². The summed E-state index contributed by atoms with van der Waals surface area (Å²) in [5, 5.41) is 8.13. The lowest BCUT2D eigenvalue weighted by molar-refractivity contribution is -0.127. The Labute approximate surface area is 217 Å². The molecule has 2 aromatic heterocycles. The Balaban J connectivity index is 1.39. The number of fused-ring (bicyclic) bond motifs is 1. The van der Waals surface area contributed by atoms with E-state index in [-0.39, 0.29) is 24.1 Å². The van der Waals surface area contributed by atoms with Gasteiger partial charge in [0.2, 0.25) is 5.91 Å². The fraction of sp³-hybridized carbons (Fsp3) is 0.222. The van der Waals surface area contributed by atoms with Crippen LogP contribution in [0.2, 0.25) is 0 Å². The zero-order chi connectivity index (χ0) is 26.8. The van der Waals surface area contributed by atoms with Crippen molar-refractivity contribution >= 4 is 28.7 Å². The van der Waals surface area contributed by atoms with Gasteiger partial charge in [-0.25, -0.2) is 23.4 Å². The maximum absolute atomic E-state index is 13.4. The number of nitrogens with zero attached hydrogens (tertiary/aromatic N) is 5. The first kappa shape index (κ1) is 25.0. The third kappa shape index (κ3) is 4.95. The third-order valence-electron chi connectivity index (χ3n) is 6.55. The lowest BCUT2D eigenvalue weighted by Crippen LogP contribution is -2.40. The highest BCUT2D eigenvalue weighted by molar-refractivity contribution is 5.98. The number of anilines is 1. The lowest BCUT2D eigenvalue weighted by Gasteiger charge is -2.32. The molecule has 38 heavy (non-hydrogen) atoms. The highest BCUT2D eigenvalue weighted by atomic mass is 19.1. The molecule has 3 heterocycles. The largest absolute Gasteiger partial charge is 0.383 e. The number of hydrogen-bond acceptors (Lipinski definition) is 6. The van der Waals surface area contributed by atoms with Crippen LogP contribution in [0, 0.1) is 11.6 Å². The Morgan fingerprint density at radius 3 is 2.58 bits per heavy atom. The van der Waals surface area contributed by atoms with E-state index in [1.54, 1.807) is 4.90 Å². The first-order chi connectivity index (χ1) is 18.3. The highest BCUT2D eigenvalue weighted by Gasteiger charge is 2.28. The molecule has 1 atom stereocenters. The number of nitrogen functional groups attached to an aromatic ring is 1. The van der Waals surface area contributed by atoms with Crippen LogP contribution in [0.15, 0.2) is 61.4 Å². The van der Waals surface area contributed by atoms with Gasteiger partial charge in [-0.15, -0.1) is 0 Å². The van der Waals surface area contributed by atoms with Crippen LogP contribution in [0.5, 0.6) is 0 Å². The predicted molar refractivity (Wildman–Crippen MR) is 138 cm³/mol. The number of benzene rings is 2. The molecule has 1 aliphatic rings. The van der Waals surface area contributed by atoms with E-state index >= 15 is 0 Å². The van der Waals surface area contributed by atoms with Gasteiger partial charge in [0, 0.05) is 36.8 Å². The van der Waals surface area contributed by atoms with Crippen LogP contribution in [0.3, 0.4) is 0 Å². The summed E-state index contributed by atoms with van der Waals surface area (Å²) in [5.74, 6) is -2.04. The Morgan fingerprint density at radius 1 is 1.13 bits per heavy atom. The van der Waals surface area contributed by atoms with Crippen LogP contribution in [-0.4, -0.2) is 49.6 Å². The molecule has 2 aromatic carbocycles. The van der Waals surface area contributed by atoms with Crippen LogP contribution >= 0.6 is 0 Å². The smallest absolute Gasteiger partial charge is 0.251 e. The molecule has 0 saturated carbocycles. The SMILES string of the molecule is C=CC(=O)N1CCC[C@@H](n2nc(-c3ccc(CNC(=O)c4cc(F)cc(F)c4)cc3)c3c(N)ncnc32)C1. The summed E-state index contributed by atoms with van der Waals surface area (Å²) in [6.07, 6.45) is 4.36. The van der Waals surface area contributed by atoms with E-state index in [1.807, 2.05) is 28.9 Å². The number of halogens is 2. The minimum absolute atomic E-state index is 0.0830. The van der Waals surface area contributed by atoms with Gasteiger partial charge in [-0.05, 0) is 36.6 Å². The lowest BCUT2D eigenvalue weighted by atomic mass is 10.1. The molecular formula is C27H25F2N7O2. The van der Waals surface area contributed by atoms with E-state index < -0.39 is 17.5 Å². The number of likely N-dealkylation sites (tertiary alicyclic amines) is 1. The average Bonchev–Trinajstić information content (AvgIpc) is 3.32. The monoisotopic (exact) mass is 517 g/mol. The van der Waals surface area contributed by atoms with Gasteiger partial charge in [0.1, 0.15) is 29.5 Å². The van der Waals surface area contributed by atoms with E-state index in [2.05, 4.69) is 21.9 Å². The summed E-state index contributed by atoms with van der Waals surface area (Å²) < 4.78 is 28.7. The summed E-state index contributed by atoms with van der Waals surface area (Å²) >= 11 is 0. The van der Waals surface area contributed by atoms with Gasteiger partial charge in [0.05, 0.1) is 11.4 Å². The predicted octanol–water partition coefficient (Wildman–Crippen LogP) is 3.63. The van der Waals surface area contributed by atoms with Crippen molar-refractivity contribution in [3.63, 3.8) is 0 Å². The summed E-state index contributed by atoms with van der Waals surface area (Å²) in [6, 6.07) is 9.91. The van der Waals surface area contributed by atoms with Gasteiger partial charge in [-0.2, -0.15) is 5.10 Å². The van der Waals surface area contributed by atoms with Crippen LogP contribution in [0.1, 0.15) is 34.8 Å². The van der Waals surface area contributed by atoms with Gasteiger partial charge in [-0.3, -0.25) is 9.59 Å². The maximum atomic E-state index is 13.4. The van der Waals surface area contributed by atoms with E-state index in [9.17, 15) is 18.4 Å². The molecule has 5 rings (SSSR count). The summed E-state index contributed by atoms with van der Waals surface area (Å²) in [4.78, 5) is 34.9. The highest BCUT2D eigenvalue weighted by Crippen LogP contribution is 2.33. The topological polar surface area (TPSA) is 119 Å². The van der Waals surface area contributed by atoms with Gasteiger partial charge < -0.3 is 16.0 Å². The number of nitrogens with one attached hydrogen (secondary N) is 1. The molecule has 0 aliphatic carbocycles. The normalized spacial score (nSPS) is 15.4. The van der Waals surface area contributed by atoms with Crippen molar-refractivity contribution in [3.05, 3.63) is 84.2 Å². The standard InChI is InChI=1S/C27H25F2N7O2/c1-2-22(37)35-9-3-4-21(14-35)36-26-23(25(30)32-15-33-26)24(34-36)17-7-5-16(6-8-17)13-31-27(38)18-10-19(28)12-20(29)11-18/h2,5-8,10-12,15,21H,1,3-4,9,13-14H2,(H,31,38)(H2,30,32,33)/t21-/m1/s1. The minimum atomic E-state index is -0.817. The average molecular weight is 518 g/mol. The van der Waals surface area contributed by atoms with Crippen LogP contribution < -0.4 is 11.1 Å². The van der Waals surface area contributed by atoms with Gasteiger partial charge in [0.25, 0.3) is 5.91 Å². The molecule has 2 amide bonds. The van der Waals surface area contributed by atoms with Crippen molar-refractivity contribution in [2.24, 2.45) is 0 Å². The van der Waals surface area contributed by atoms with Crippen molar-refractivity contribution in [1.82, 2.24) is 30.0 Å². The molecular weight excluding hydrogens is 492 g/mol. The first-order valence-electron chi connectivity index (χ1n) is 12.1. The summed E-state index contributed by atoms with van der Waals surface area (Å²) in [7, 11) is 0. The number of carbonyl (C=O) groups is 2. The summed E-state index contributed by atoms with van der Waals surface area (Å²) in [5.41, 5.74) is 8.88. The number of piperidine rings is 1. The molecule has 1 aliphatic heterocycles. The van der Waals surface area contributed by atoms with Crippen molar-refractivity contribution in [3.8, 4) is 11.3 Å². The summed E-state index contributed by atoms with van der Waals surface area (Å²) in [6.45, 7) is 4.89. The third-order valence-corrected chi connectivity index (χ3v) is 6.55. The minimum Gasteiger partial charge on any atom is -0.383 e. The maximum Gasteiger partial charge on any atom is 0.251 e. The van der Waals surface area contributed by atoms with Crippen molar-refractivity contribution in [2.75, 3.05) is 18.8 Å². The van der Waals surface area contributed by atoms with E-state index in [0.717, 1.165) is 36.1 Å². The number of hydrogen-bond donors (Lipinski definition) is 2. The zero-order valence-corrected chi connectivity index (χ0v) is 20.4. The number of nitrogens with two attached hydrogens (primary N) is 1. The number of rotatable bonds is 6. The second kappa shape index (κ2) is 10.4. The molecule has 3 N–H and O–H groups in total.